The minimum absolute atomic E-state index is 0.731. The molecule has 3 aliphatic carbocycles. The molecule has 18 heavy (non-hydrogen) atoms. The minimum Gasteiger partial charge on any atom is -0.355 e. The maximum Gasteiger partial charge on any atom is 0.203 e. The highest BCUT2D eigenvalue weighted by molar-refractivity contribution is 5.31. The van der Waals surface area contributed by atoms with Gasteiger partial charge in [-0.15, -0.1) is 0 Å². The van der Waals surface area contributed by atoms with Crippen molar-refractivity contribution in [3.63, 3.8) is 0 Å². The van der Waals surface area contributed by atoms with Crippen LogP contribution in [-0.4, -0.2) is 16.1 Å². The molecular weight excluding hydrogens is 222 g/mol. The van der Waals surface area contributed by atoms with E-state index in [0.29, 0.717) is 0 Å². The highest BCUT2D eigenvalue weighted by Crippen LogP contribution is 2.49. The van der Waals surface area contributed by atoms with Crippen molar-refractivity contribution in [2.45, 2.75) is 51.5 Å². The largest absolute Gasteiger partial charge is 0.355 e. The summed E-state index contributed by atoms with van der Waals surface area (Å²) in [4.78, 5) is 4.66. The molecule has 0 saturated heterocycles. The van der Waals surface area contributed by atoms with Gasteiger partial charge in [-0.25, -0.2) is 4.98 Å². The van der Waals surface area contributed by atoms with Gasteiger partial charge >= 0.3 is 0 Å². The average Bonchev–Trinajstić information content (AvgIpc) is 3.23. The van der Waals surface area contributed by atoms with Gasteiger partial charge in [0.05, 0.1) is 5.69 Å². The van der Waals surface area contributed by atoms with Crippen LogP contribution in [0.25, 0.3) is 0 Å². The molecule has 0 aromatic carbocycles. The second-order valence-electron chi connectivity index (χ2n) is 6.56. The third-order valence-corrected chi connectivity index (χ3v) is 4.74. The lowest BCUT2D eigenvalue weighted by Crippen LogP contribution is -2.20. The fourth-order valence-corrected chi connectivity index (χ4v) is 3.25. The molecule has 3 saturated carbocycles. The van der Waals surface area contributed by atoms with Crippen molar-refractivity contribution in [1.29, 1.82) is 0 Å². The Balaban J connectivity index is 1.43. The standard InChI is InChI=1S/C15H23N3/c1-10-9-18(13-6-7-13)15(17-10)16-8-14(11-2-3-11)12-4-5-12/h9,11-14H,2-8H2,1H3,(H,16,17). The van der Waals surface area contributed by atoms with E-state index in [1.165, 1.54) is 38.5 Å². The van der Waals surface area contributed by atoms with Crippen molar-refractivity contribution < 1.29 is 0 Å². The fourth-order valence-electron chi connectivity index (χ4n) is 3.25. The topological polar surface area (TPSA) is 29.9 Å². The predicted molar refractivity (Wildman–Crippen MR) is 72.7 cm³/mol. The van der Waals surface area contributed by atoms with Gasteiger partial charge in [-0.2, -0.15) is 0 Å². The number of nitrogens with zero attached hydrogens (tertiary/aromatic N) is 2. The molecule has 0 atom stereocenters. The van der Waals surface area contributed by atoms with E-state index in [1.807, 2.05) is 0 Å². The van der Waals surface area contributed by atoms with Gasteiger partial charge in [0.2, 0.25) is 5.95 Å². The zero-order chi connectivity index (χ0) is 12.1. The van der Waals surface area contributed by atoms with E-state index in [2.05, 4.69) is 28.0 Å². The zero-order valence-corrected chi connectivity index (χ0v) is 11.2. The van der Waals surface area contributed by atoms with Crippen molar-refractivity contribution in [3.8, 4) is 0 Å². The number of nitrogens with one attached hydrogen (secondary N) is 1. The van der Waals surface area contributed by atoms with Crippen LogP contribution in [0.15, 0.2) is 6.20 Å². The van der Waals surface area contributed by atoms with Crippen LogP contribution in [-0.2, 0) is 0 Å². The molecular formula is C15H23N3. The number of anilines is 1. The van der Waals surface area contributed by atoms with Gasteiger partial charge in [-0.05, 0) is 63.2 Å². The molecule has 98 valence electrons. The Kier molecular flexibility index (Phi) is 2.42. The van der Waals surface area contributed by atoms with Crippen LogP contribution in [0.5, 0.6) is 0 Å². The van der Waals surface area contributed by atoms with Crippen LogP contribution < -0.4 is 5.32 Å². The molecule has 3 fully saturated rings. The Bertz CT molecular complexity index is 427. The summed E-state index contributed by atoms with van der Waals surface area (Å²) in [6.07, 6.45) is 10.8. The lowest BCUT2D eigenvalue weighted by atomic mass is 9.98. The number of hydrogen-bond acceptors (Lipinski definition) is 2. The van der Waals surface area contributed by atoms with Crippen LogP contribution in [0.3, 0.4) is 0 Å². The molecule has 0 radical (unpaired) electrons. The molecule has 3 aliphatic rings. The quantitative estimate of drug-likeness (QED) is 0.832. The van der Waals surface area contributed by atoms with E-state index in [1.54, 1.807) is 0 Å². The molecule has 1 aromatic rings. The summed E-state index contributed by atoms with van der Waals surface area (Å²) in [7, 11) is 0. The molecule has 0 unspecified atom stereocenters. The van der Waals surface area contributed by atoms with Crippen molar-refractivity contribution >= 4 is 5.95 Å². The first-order valence-electron chi connectivity index (χ1n) is 7.60. The summed E-state index contributed by atoms with van der Waals surface area (Å²) in [6, 6.07) is 0.731. The lowest BCUT2D eigenvalue weighted by Gasteiger charge is -2.17. The average molecular weight is 245 g/mol. The van der Waals surface area contributed by atoms with Crippen molar-refractivity contribution in [1.82, 2.24) is 9.55 Å². The van der Waals surface area contributed by atoms with Crippen molar-refractivity contribution in [2.75, 3.05) is 11.9 Å². The Morgan fingerprint density at radius 3 is 2.44 bits per heavy atom. The third-order valence-electron chi connectivity index (χ3n) is 4.74. The van der Waals surface area contributed by atoms with Crippen molar-refractivity contribution in [3.05, 3.63) is 11.9 Å². The highest BCUT2D eigenvalue weighted by atomic mass is 15.2. The van der Waals surface area contributed by atoms with E-state index in [9.17, 15) is 0 Å². The highest BCUT2D eigenvalue weighted by Gasteiger charge is 2.41. The van der Waals surface area contributed by atoms with E-state index in [0.717, 1.165) is 42.0 Å². The second kappa shape index (κ2) is 4.01. The van der Waals surface area contributed by atoms with Gasteiger partial charge in [0.15, 0.2) is 0 Å². The van der Waals surface area contributed by atoms with Crippen LogP contribution in [0.1, 0.15) is 50.3 Å². The number of rotatable bonds is 6. The van der Waals surface area contributed by atoms with Gasteiger partial charge < -0.3 is 9.88 Å². The van der Waals surface area contributed by atoms with Crippen LogP contribution in [0, 0.1) is 24.7 Å². The van der Waals surface area contributed by atoms with Crippen LogP contribution >= 0.6 is 0 Å². The predicted octanol–water partition coefficient (Wildman–Crippen LogP) is 3.37. The van der Waals surface area contributed by atoms with E-state index in [-0.39, 0.29) is 0 Å². The maximum absolute atomic E-state index is 4.66. The molecule has 1 N–H and O–H groups in total. The van der Waals surface area contributed by atoms with Gasteiger partial charge in [0.1, 0.15) is 0 Å². The number of imidazole rings is 1. The summed E-state index contributed by atoms with van der Waals surface area (Å²) in [5.74, 6) is 4.10. The maximum atomic E-state index is 4.66. The molecule has 4 rings (SSSR count). The molecule has 0 spiro atoms. The second-order valence-corrected chi connectivity index (χ2v) is 6.56. The van der Waals surface area contributed by atoms with Crippen molar-refractivity contribution in [2.24, 2.45) is 17.8 Å². The normalized spacial score (nSPS) is 23.7. The Labute approximate surface area is 109 Å². The molecule has 3 heteroatoms. The lowest BCUT2D eigenvalue weighted by molar-refractivity contribution is 0.426. The Hall–Kier alpha value is -0.990. The molecule has 0 amide bonds. The third kappa shape index (κ3) is 2.15. The van der Waals surface area contributed by atoms with Gasteiger partial charge in [0.25, 0.3) is 0 Å². The zero-order valence-electron chi connectivity index (χ0n) is 11.2. The number of hydrogen-bond donors (Lipinski definition) is 1. The summed E-state index contributed by atoms with van der Waals surface area (Å²) in [5.41, 5.74) is 1.15. The van der Waals surface area contributed by atoms with E-state index >= 15 is 0 Å². The van der Waals surface area contributed by atoms with E-state index < -0.39 is 0 Å². The molecule has 1 aromatic heterocycles. The number of aromatic nitrogens is 2. The van der Waals surface area contributed by atoms with Crippen LogP contribution in [0.4, 0.5) is 5.95 Å². The van der Waals surface area contributed by atoms with Gasteiger partial charge in [-0.1, -0.05) is 0 Å². The molecule has 3 nitrogen and oxygen atoms in total. The Morgan fingerprint density at radius 1 is 1.22 bits per heavy atom. The van der Waals surface area contributed by atoms with E-state index in [4.69, 9.17) is 0 Å². The molecule has 0 bridgehead atoms. The smallest absolute Gasteiger partial charge is 0.203 e. The van der Waals surface area contributed by atoms with Crippen LogP contribution in [0.2, 0.25) is 0 Å². The monoisotopic (exact) mass is 245 g/mol. The Morgan fingerprint density at radius 2 is 1.89 bits per heavy atom. The number of aryl methyl sites for hydroxylation is 1. The van der Waals surface area contributed by atoms with Gasteiger partial charge in [-0.3, -0.25) is 0 Å². The first-order valence-corrected chi connectivity index (χ1v) is 7.60. The summed E-state index contributed by atoms with van der Waals surface area (Å²) in [6.45, 7) is 3.25. The fraction of sp³-hybridized carbons (Fsp3) is 0.800. The molecule has 1 heterocycles. The first kappa shape index (κ1) is 10.9. The summed E-state index contributed by atoms with van der Waals surface area (Å²) >= 11 is 0. The summed E-state index contributed by atoms with van der Waals surface area (Å²) in [5, 5.41) is 3.65. The molecule has 0 aliphatic heterocycles. The SMILES string of the molecule is Cc1cn(C2CC2)c(NCC(C2CC2)C2CC2)n1. The van der Waals surface area contributed by atoms with Gasteiger partial charge in [0, 0.05) is 18.8 Å². The minimum atomic E-state index is 0.731. The first-order chi connectivity index (χ1) is 8.81. The summed E-state index contributed by atoms with van der Waals surface area (Å²) < 4.78 is 2.37.